The summed E-state index contributed by atoms with van der Waals surface area (Å²) >= 11 is 0. The van der Waals surface area contributed by atoms with Gasteiger partial charge in [0.1, 0.15) is 5.75 Å². The van der Waals surface area contributed by atoms with Gasteiger partial charge < -0.3 is 15.2 Å². The molecule has 0 spiro atoms. The van der Waals surface area contributed by atoms with Crippen molar-refractivity contribution in [2.24, 2.45) is 0 Å². The van der Waals surface area contributed by atoms with E-state index >= 15 is 0 Å². The molecule has 0 aliphatic rings. The second-order valence-electron chi connectivity index (χ2n) is 6.19. The SMILES string of the molecule is O=C(O)CCC(NC(=O)Cc1cccc(OCC(F)(F)F)c1)c1ccccc1. The smallest absolute Gasteiger partial charge is 0.422 e. The predicted molar refractivity (Wildman–Crippen MR) is 95.9 cm³/mol. The third-order valence-corrected chi connectivity index (χ3v) is 3.85. The summed E-state index contributed by atoms with van der Waals surface area (Å²) in [6.45, 7) is -1.41. The Bertz CT molecular complexity index is 794. The Morgan fingerprint density at radius 2 is 1.79 bits per heavy atom. The van der Waals surface area contributed by atoms with Crippen LogP contribution in [0.25, 0.3) is 0 Å². The lowest BCUT2D eigenvalue weighted by Crippen LogP contribution is -2.30. The Morgan fingerprint density at radius 3 is 2.43 bits per heavy atom. The molecule has 2 rings (SSSR count). The lowest BCUT2D eigenvalue weighted by Gasteiger charge is -2.19. The minimum Gasteiger partial charge on any atom is -0.484 e. The maximum absolute atomic E-state index is 12.4. The monoisotopic (exact) mass is 395 g/mol. The number of halogens is 3. The number of hydrogen-bond donors (Lipinski definition) is 2. The van der Waals surface area contributed by atoms with Gasteiger partial charge >= 0.3 is 12.1 Å². The summed E-state index contributed by atoms with van der Waals surface area (Å²) < 4.78 is 41.5. The average molecular weight is 395 g/mol. The van der Waals surface area contributed by atoms with Gasteiger partial charge in [0.15, 0.2) is 6.61 Å². The number of rotatable bonds is 9. The first-order valence-electron chi connectivity index (χ1n) is 8.57. The van der Waals surface area contributed by atoms with Crippen LogP contribution in [0, 0.1) is 0 Å². The number of nitrogens with one attached hydrogen (secondary N) is 1. The molecule has 0 saturated carbocycles. The average Bonchev–Trinajstić information content (AvgIpc) is 2.64. The molecule has 1 unspecified atom stereocenters. The molecule has 0 aromatic heterocycles. The van der Waals surface area contributed by atoms with Crippen molar-refractivity contribution in [3.05, 3.63) is 65.7 Å². The normalized spacial score (nSPS) is 12.2. The second kappa shape index (κ2) is 9.77. The van der Waals surface area contributed by atoms with Crippen LogP contribution in [0.5, 0.6) is 5.75 Å². The maximum Gasteiger partial charge on any atom is 0.422 e. The van der Waals surface area contributed by atoms with Crippen molar-refractivity contribution in [2.75, 3.05) is 6.61 Å². The van der Waals surface area contributed by atoms with E-state index in [2.05, 4.69) is 10.1 Å². The molecule has 2 aromatic carbocycles. The first-order chi connectivity index (χ1) is 13.2. The quantitative estimate of drug-likeness (QED) is 0.675. The van der Waals surface area contributed by atoms with Crippen LogP contribution >= 0.6 is 0 Å². The minimum atomic E-state index is -4.44. The number of ether oxygens (including phenoxy) is 1. The van der Waals surface area contributed by atoms with Crippen LogP contribution in [-0.4, -0.2) is 29.8 Å². The number of carboxylic acids is 1. The zero-order chi connectivity index (χ0) is 20.6. The number of benzene rings is 2. The van der Waals surface area contributed by atoms with Gasteiger partial charge in [-0.1, -0.05) is 42.5 Å². The number of amides is 1. The van der Waals surface area contributed by atoms with Crippen LogP contribution in [0.2, 0.25) is 0 Å². The van der Waals surface area contributed by atoms with Crippen molar-refractivity contribution in [1.29, 1.82) is 0 Å². The van der Waals surface area contributed by atoms with E-state index in [1.165, 1.54) is 18.2 Å². The maximum atomic E-state index is 12.4. The number of hydrogen-bond acceptors (Lipinski definition) is 3. The van der Waals surface area contributed by atoms with Gasteiger partial charge in [0.2, 0.25) is 5.91 Å². The molecule has 0 aliphatic heterocycles. The summed E-state index contributed by atoms with van der Waals surface area (Å²) in [5.74, 6) is -1.31. The van der Waals surface area contributed by atoms with Gasteiger partial charge in [-0.2, -0.15) is 13.2 Å². The van der Waals surface area contributed by atoms with E-state index in [0.29, 0.717) is 5.56 Å². The summed E-state index contributed by atoms with van der Waals surface area (Å²) in [7, 11) is 0. The summed E-state index contributed by atoms with van der Waals surface area (Å²) in [5.41, 5.74) is 1.27. The molecular weight excluding hydrogens is 375 g/mol. The number of carbonyl (C=O) groups is 2. The Kier molecular flexibility index (Phi) is 7.43. The van der Waals surface area contributed by atoms with Crippen LogP contribution in [-0.2, 0) is 16.0 Å². The fourth-order valence-corrected chi connectivity index (χ4v) is 2.62. The summed E-state index contributed by atoms with van der Waals surface area (Å²) in [4.78, 5) is 23.3. The molecule has 0 radical (unpaired) electrons. The van der Waals surface area contributed by atoms with Crippen molar-refractivity contribution in [2.45, 2.75) is 31.5 Å². The molecule has 0 aliphatic carbocycles. The first kappa shape index (κ1) is 21.3. The number of alkyl halides is 3. The van der Waals surface area contributed by atoms with Crippen molar-refractivity contribution < 1.29 is 32.6 Å². The van der Waals surface area contributed by atoms with E-state index in [1.54, 1.807) is 30.3 Å². The molecular formula is C20H20F3NO4. The van der Waals surface area contributed by atoms with E-state index in [1.807, 2.05) is 6.07 Å². The Morgan fingerprint density at radius 1 is 1.07 bits per heavy atom. The molecule has 2 N–H and O–H groups in total. The fraction of sp³-hybridized carbons (Fsp3) is 0.300. The van der Waals surface area contributed by atoms with Gasteiger partial charge in [-0.25, -0.2) is 0 Å². The third-order valence-electron chi connectivity index (χ3n) is 3.85. The third kappa shape index (κ3) is 7.69. The Hall–Kier alpha value is -3.03. The van der Waals surface area contributed by atoms with Crippen LogP contribution in [0.3, 0.4) is 0 Å². The number of aliphatic carboxylic acids is 1. The standard InChI is InChI=1S/C20H20F3NO4/c21-20(22,23)13-28-16-8-4-5-14(11-16)12-18(25)24-17(9-10-19(26)27)15-6-2-1-3-7-15/h1-8,11,17H,9-10,12-13H2,(H,24,25)(H,26,27). The number of carbonyl (C=O) groups excluding carboxylic acids is 1. The van der Waals surface area contributed by atoms with Gasteiger partial charge in [-0.15, -0.1) is 0 Å². The largest absolute Gasteiger partial charge is 0.484 e. The summed E-state index contributed by atoms with van der Waals surface area (Å²) in [6, 6.07) is 14.4. The minimum absolute atomic E-state index is 0.0214. The van der Waals surface area contributed by atoms with Gasteiger partial charge in [0.25, 0.3) is 0 Å². The van der Waals surface area contributed by atoms with Crippen LogP contribution < -0.4 is 10.1 Å². The topological polar surface area (TPSA) is 75.6 Å². The van der Waals surface area contributed by atoms with Crippen LogP contribution in [0.15, 0.2) is 54.6 Å². The molecule has 28 heavy (non-hydrogen) atoms. The number of carboxylic acid groups (broad SMARTS) is 1. The van der Waals surface area contributed by atoms with E-state index in [-0.39, 0.29) is 30.9 Å². The van der Waals surface area contributed by atoms with E-state index in [9.17, 15) is 22.8 Å². The highest BCUT2D eigenvalue weighted by atomic mass is 19.4. The lowest BCUT2D eigenvalue weighted by molar-refractivity contribution is -0.153. The molecule has 2 aromatic rings. The van der Waals surface area contributed by atoms with Crippen LogP contribution in [0.1, 0.15) is 30.0 Å². The lowest BCUT2D eigenvalue weighted by atomic mass is 10.0. The Labute approximate surface area is 160 Å². The van der Waals surface area contributed by atoms with Gasteiger partial charge in [0, 0.05) is 6.42 Å². The second-order valence-corrected chi connectivity index (χ2v) is 6.19. The molecule has 0 fully saturated rings. The highest BCUT2D eigenvalue weighted by Gasteiger charge is 2.28. The van der Waals surface area contributed by atoms with E-state index in [4.69, 9.17) is 5.11 Å². The van der Waals surface area contributed by atoms with Gasteiger partial charge in [-0.3, -0.25) is 9.59 Å². The molecule has 1 atom stereocenters. The van der Waals surface area contributed by atoms with Crippen molar-refractivity contribution in [1.82, 2.24) is 5.32 Å². The molecule has 150 valence electrons. The molecule has 8 heteroatoms. The zero-order valence-electron chi connectivity index (χ0n) is 14.9. The first-order valence-corrected chi connectivity index (χ1v) is 8.57. The van der Waals surface area contributed by atoms with E-state index in [0.717, 1.165) is 5.56 Å². The van der Waals surface area contributed by atoms with Crippen molar-refractivity contribution >= 4 is 11.9 Å². The summed E-state index contributed by atoms with van der Waals surface area (Å²) in [6.07, 6.45) is -4.40. The van der Waals surface area contributed by atoms with Gasteiger partial charge in [-0.05, 0) is 29.7 Å². The predicted octanol–water partition coefficient (Wildman–Crippen LogP) is 3.89. The van der Waals surface area contributed by atoms with Gasteiger partial charge in [0.05, 0.1) is 12.5 Å². The van der Waals surface area contributed by atoms with Crippen LogP contribution in [0.4, 0.5) is 13.2 Å². The fourth-order valence-electron chi connectivity index (χ4n) is 2.62. The molecule has 0 bridgehead atoms. The molecule has 0 saturated heterocycles. The summed E-state index contributed by atoms with van der Waals surface area (Å²) in [5, 5.41) is 11.7. The molecule has 5 nitrogen and oxygen atoms in total. The molecule has 1 amide bonds. The molecule has 0 heterocycles. The zero-order valence-corrected chi connectivity index (χ0v) is 14.9. The highest BCUT2D eigenvalue weighted by Crippen LogP contribution is 2.21. The van der Waals surface area contributed by atoms with Crippen molar-refractivity contribution in [3.8, 4) is 5.75 Å². The van der Waals surface area contributed by atoms with Crippen molar-refractivity contribution in [3.63, 3.8) is 0 Å². The van der Waals surface area contributed by atoms with E-state index < -0.39 is 24.8 Å². The Balaban J connectivity index is 2.01. The highest BCUT2D eigenvalue weighted by molar-refractivity contribution is 5.79.